The third kappa shape index (κ3) is 3.54. The largest absolute Gasteiger partial charge is 0.360 e. The Kier molecular flexibility index (Phi) is 4.55. The predicted octanol–water partition coefficient (Wildman–Crippen LogP) is 0.365. The molecule has 0 aromatic carbocycles. The highest BCUT2D eigenvalue weighted by molar-refractivity contribution is 5.81. The Morgan fingerprint density at radius 1 is 1.47 bits per heavy atom. The number of aryl methyl sites for hydroxylation is 1. The second kappa shape index (κ2) is 6.16. The van der Waals surface area contributed by atoms with Gasteiger partial charge in [0.25, 0.3) is 0 Å². The number of aromatic nitrogens is 1. The van der Waals surface area contributed by atoms with Gasteiger partial charge in [0.15, 0.2) is 5.76 Å². The first-order valence-electron chi connectivity index (χ1n) is 6.79. The fraction of sp³-hybridized carbons (Fsp3) is 0.692. The van der Waals surface area contributed by atoms with Crippen molar-refractivity contribution in [2.75, 3.05) is 26.2 Å². The summed E-state index contributed by atoms with van der Waals surface area (Å²) in [6, 6.07) is 1.59. The van der Waals surface area contributed by atoms with Gasteiger partial charge in [-0.3, -0.25) is 9.69 Å². The van der Waals surface area contributed by atoms with E-state index in [2.05, 4.69) is 10.1 Å². The highest BCUT2D eigenvalue weighted by Gasteiger charge is 2.24. The van der Waals surface area contributed by atoms with Crippen LogP contribution in [0.1, 0.15) is 24.8 Å². The molecule has 6 heteroatoms. The number of carbonyl (C=O) groups excluding carboxylic acids is 1. The molecule has 0 radical (unpaired) electrons. The summed E-state index contributed by atoms with van der Waals surface area (Å²) < 4.78 is 5.20. The number of piperazine rings is 1. The van der Waals surface area contributed by atoms with Crippen LogP contribution < -0.4 is 5.73 Å². The summed E-state index contributed by atoms with van der Waals surface area (Å²) >= 11 is 0. The zero-order chi connectivity index (χ0) is 13.8. The van der Waals surface area contributed by atoms with Crippen LogP contribution in [0.5, 0.6) is 0 Å². The first kappa shape index (κ1) is 14.0. The first-order chi connectivity index (χ1) is 9.10. The lowest BCUT2D eigenvalue weighted by molar-refractivity contribution is -0.134. The molecule has 1 aliphatic rings. The molecule has 1 aromatic rings. The van der Waals surface area contributed by atoms with E-state index in [1.54, 1.807) is 0 Å². The fourth-order valence-corrected chi connectivity index (χ4v) is 2.25. The summed E-state index contributed by atoms with van der Waals surface area (Å²) in [4.78, 5) is 16.1. The Balaban J connectivity index is 1.81. The molecule has 0 bridgehead atoms. The topological polar surface area (TPSA) is 75.6 Å². The van der Waals surface area contributed by atoms with Crippen molar-refractivity contribution in [3.05, 3.63) is 17.5 Å². The van der Waals surface area contributed by atoms with Crippen LogP contribution in [0.4, 0.5) is 0 Å². The first-order valence-corrected chi connectivity index (χ1v) is 6.79. The zero-order valence-corrected chi connectivity index (χ0v) is 11.6. The van der Waals surface area contributed by atoms with Crippen LogP contribution in [0.3, 0.4) is 0 Å². The van der Waals surface area contributed by atoms with Gasteiger partial charge in [-0.15, -0.1) is 0 Å². The highest BCUT2D eigenvalue weighted by Crippen LogP contribution is 2.10. The van der Waals surface area contributed by atoms with E-state index in [4.69, 9.17) is 10.3 Å². The van der Waals surface area contributed by atoms with E-state index in [0.717, 1.165) is 44.2 Å². The Bertz CT molecular complexity index is 424. The average molecular weight is 266 g/mol. The summed E-state index contributed by atoms with van der Waals surface area (Å²) in [6.07, 6.45) is 0.691. The van der Waals surface area contributed by atoms with Crippen molar-refractivity contribution in [3.8, 4) is 0 Å². The summed E-state index contributed by atoms with van der Waals surface area (Å²) in [7, 11) is 0. The quantitative estimate of drug-likeness (QED) is 0.852. The molecular formula is C13H22N4O2. The Hall–Kier alpha value is -1.40. The minimum absolute atomic E-state index is 0.0673. The molecule has 1 unspecified atom stereocenters. The molecule has 0 aliphatic carbocycles. The summed E-state index contributed by atoms with van der Waals surface area (Å²) in [6.45, 7) is 7.77. The van der Waals surface area contributed by atoms with E-state index < -0.39 is 0 Å². The van der Waals surface area contributed by atoms with Crippen LogP contribution in [0.25, 0.3) is 0 Å². The molecule has 19 heavy (non-hydrogen) atoms. The normalized spacial score (nSPS) is 18.6. The molecule has 2 rings (SSSR count). The monoisotopic (exact) mass is 266 g/mol. The van der Waals surface area contributed by atoms with Crippen LogP contribution >= 0.6 is 0 Å². The van der Waals surface area contributed by atoms with E-state index in [0.29, 0.717) is 6.42 Å². The van der Waals surface area contributed by atoms with Crippen molar-refractivity contribution in [1.82, 2.24) is 15.0 Å². The minimum atomic E-state index is -0.358. The van der Waals surface area contributed by atoms with Gasteiger partial charge in [0.05, 0.1) is 18.3 Å². The van der Waals surface area contributed by atoms with Crippen LogP contribution in [0.15, 0.2) is 10.6 Å². The van der Waals surface area contributed by atoms with E-state index in [-0.39, 0.29) is 11.9 Å². The molecule has 0 spiro atoms. The second-order valence-corrected chi connectivity index (χ2v) is 5.05. The number of rotatable bonds is 4. The third-order valence-electron chi connectivity index (χ3n) is 3.50. The number of hydrogen-bond acceptors (Lipinski definition) is 5. The number of nitrogens with zero attached hydrogens (tertiary/aromatic N) is 3. The molecule has 1 saturated heterocycles. The van der Waals surface area contributed by atoms with Gasteiger partial charge in [-0.1, -0.05) is 12.1 Å². The van der Waals surface area contributed by atoms with Crippen LogP contribution in [-0.4, -0.2) is 53.1 Å². The van der Waals surface area contributed by atoms with Crippen molar-refractivity contribution in [2.24, 2.45) is 5.73 Å². The maximum atomic E-state index is 12.0. The van der Waals surface area contributed by atoms with Gasteiger partial charge in [0.1, 0.15) is 0 Å². The Labute approximate surface area is 113 Å². The Morgan fingerprint density at radius 2 is 2.16 bits per heavy atom. The highest BCUT2D eigenvalue weighted by atomic mass is 16.5. The smallest absolute Gasteiger partial charge is 0.239 e. The Morgan fingerprint density at radius 3 is 2.68 bits per heavy atom. The molecule has 1 aromatic heterocycles. The van der Waals surface area contributed by atoms with E-state index in [1.807, 2.05) is 24.8 Å². The van der Waals surface area contributed by atoms with Crippen LogP contribution in [0, 0.1) is 6.92 Å². The zero-order valence-electron chi connectivity index (χ0n) is 11.6. The number of hydrogen-bond donors (Lipinski definition) is 1. The molecule has 1 amide bonds. The van der Waals surface area contributed by atoms with Crippen molar-refractivity contribution < 1.29 is 9.32 Å². The van der Waals surface area contributed by atoms with Gasteiger partial charge in [0.2, 0.25) is 5.91 Å². The molecule has 1 fully saturated rings. The molecule has 0 saturated carbocycles. The van der Waals surface area contributed by atoms with Crippen LogP contribution in [0.2, 0.25) is 0 Å². The molecule has 6 nitrogen and oxygen atoms in total. The number of carbonyl (C=O) groups is 1. The molecule has 1 atom stereocenters. The second-order valence-electron chi connectivity index (χ2n) is 5.05. The summed E-state index contributed by atoms with van der Waals surface area (Å²) in [5, 5.41) is 3.88. The molecule has 2 heterocycles. The van der Waals surface area contributed by atoms with Gasteiger partial charge < -0.3 is 15.2 Å². The standard InChI is InChI=1S/C13H22N4O2/c1-3-12(14)13(18)17-6-4-16(5-7-17)9-11-8-10(2)15-19-11/h8,12H,3-7,9,14H2,1-2H3. The molecule has 1 aliphatic heterocycles. The maximum Gasteiger partial charge on any atom is 0.239 e. The maximum absolute atomic E-state index is 12.0. The van der Waals surface area contributed by atoms with Gasteiger partial charge in [-0.05, 0) is 13.3 Å². The van der Waals surface area contributed by atoms with Gasteiger partial charge in [-0.25, -0.2) is 0 Å². The van der Waals surface area contributed by atoms with Crippen molar-refractivity contribution >= 4 is 5.91 Å². The molecule has 106 valence electrons. The summed E-state index contributed by atoms with van der Waals surface area (Å²) in [5.41, 5.74) is 6.68. The third-order valence-corrected chi connectivity index (χ3v) is 3.50. The lowest BCUT2D eigenvalue weighted by Gasteiger charge is -2.35. The predicted molar refractivity (Wildman–Crippen MR) is 71.4 cm³/mol. The summed E-state index contributed by atoms with van der Waals surface area (Å²) in [5.74, 6) is 0.945. The van der Waals surface area contributed by atoms with E-state index in [1.165, 1.54) is 0 Å². The number of nitrogens with two attached hydrogens (primary N) is 1. The van der Waals surface area contributed by atoms with E-state index >= 15 is 0 Å². The SMILES string of the molecule is CCC(N)C(=O)N1CCN(Cc2cc(C)no2)CC1. The van der Waals surface area contributed by atoms with E-state index in [9.17, 15) is 4.79 Å². The van der Waals surface area contributed by atoms with Crippen molar-refractivity contribution in [2.45, 2.75) is 32.9 Å². The van der Waals surface area contributed by atoms with Gasteiger partial charge in [-0.2, -0.15) is 0 Å². The van der Waals surface area contributed by atoms with Crippen molar-refractivity contribution in [3.63, 3.8) is 0 Å². The van der Waals surface area contributed by atoms with Crippen LogP contribution in [-0.2, 0) is 11.3 Å². The lowest BCUT2D eigenvalue weighted by atomic mass is 10.2. The van der Waals surface area contributed by atoms with Gasteiger partial charge in [0, 0.05) is 32.2 Å². The number of amides is 1. The minimum Gasteiger partial charge on any atom is -0.360 e. The molecule has 2 N–H and O–H groups in total. The lowest BCUT2D eigenvalue weighted by Crippen LogP contribution is -2.52. The average Bonchev–Trinajstić information content (AvgIpc) is 2.83. The van der Waals surface area contributed by atoms with Gasteiger partial charge >= 0.3 is 0 Å². The van der Waals surface area contributed by atoms with Crippen molar-refractivity contribution in [1.29, 1.82) is 0 Å². The fourth-order valence-electron chi connectivity index (χ4n) is 2.25. The molecular weight excluding hydrogens is 244 g/mol.